The van der Waals surface area contributed by atoms with Crippen molar-refractivity contribution in [3.8, 4) is 0 Å². The van der Waals surface area contributed by atoms with Crippen molar-refractivity contribution in [3.63, 3.8) is 0 Å². The Morgan fingerprint density at radius 1 is 1.32 bits per heavy atom. The van der Waals surface area contributed by atoms with Crippen LogP contribution in [0.25, 0.3) is 0 Å². The second kappa shape index (κ2) is 6.66. The number of nitrogens with zero attached hydrogens (tertiary/aromatic N) is 2. The Morgan fingerprint density at radius 3 is 2.53 bits per heavy atom. The Balaban J connectivity index is 1.77. The number of likely N-dealkylation sites (tertiary alicyclic amines) is 1. The molecule has 1 saturated heterocycles. The van der Waals surface area contributed by atoms with Crippen LogP contribution in [0, 0.1) is 11.7 Å². The molecular formula is C15H21FN2O. The summed E-state index contributed by atoms with van der Waals surface area (Å²) in [5.41, 5.74) is 1.16. The average Bonchev–Trinajstić information content (AvgIpc) is 2.43. The van der Waals surface area contributed by atoms with Gasteiger partial charge in [0.25, 0.3) is 0 Å². The van der Waals surface area contributed by atoms with Gasteiger partial charge in [0.1, 0.15) is 5.82 Å². The number of benzene rings is 1. The number of hydrogen-bond donors (Lipinski definition) is 0. The predicted molar refractivity (Wildman–Crippen MR) is 73.1 cm³/mol. The summed E-state index contributed by atoms with van der Waals surface area (Å²) in [4.78, 5) is 14.7. The monoisotopic (exact) mass is 264 g/mol. The Morgan fingerprint density at radius 2 is 1.95 bits per heavy atom. The van der Waals surface area contributed by atoms with Gasteiger partial charge in [-0.3, -0.25) is 9.69 Å². The van der Waals surface area contributed by atoms with Crippen LogP contribution in [0.5, 0.6) is 0 Å². The molecular weight excluding hydrogens is 243 g/mol. The van der Waals surface area contributed by atoms with Crippen molar-refractivity contribution in [3.05, 3.63) is 35.6 Å². The normalized spacial score (nSPS) is 17.4. The number of piperidine rings is 1. The van der Waals surface area contributed by atoms with E-state index in [1.165, 1.54) is 12.1 Å². The van der Waals surface area contributed by atoms with E-state index < -0.39 is 0 Å². The number of carbonyl (C=O) groups is 1. The van der Waals surface area contributed by atoms with Crippen LogP contribution in [-0.2, 0) is 11.3 Å². The zero-order valence-corrected chi connectivity index (χ0v) is 11.4. The van der Waals surface area contributed by atoms with Gasteiger partial charge in [-0.15, -0.1) is 0 Å². The van der Waals surface area contributed by atoms with E-state index in [1.807, 2.05) is 19.2 Å². The van der Waals surface area contributed by atoms with Gasteiger partial charge in [0.2, 0.25) is 6.41 Å². The van der Waals surface area contributed by atoms with Gasteiger partial charge in [-0.05, 0) is 49.5 Å². The van der Waals surface area contributed by atoms with E-state index in [9.17, 15) is 9.18 Å². The summed E-state index contributed by atoms with van der Waals surface area (Å²) >= 11 is 0. The topological polar surface area (TPSA) is 23.6 Å². The van der Waals surface area contributed by atoms with Crippen molar-refractivity contribution < 1.29 is 9.18 Å². The summed E-state index contributed by atoms with van der Waals surface area (Å²) < 4.78 is 12.8. The standard InChI is InChI=1S/C15H21FN2O/c1-17(12-19)10-14-6-8-18(9-7-14)11-13-2-4-15(16)5-3-13/h2-5,12,14H,6-11H2,1H3. The van der Waals surface area contributed by atoms with E-state index in [0.717, 1.165) is 51.0 Å². The highest BCUT2D eigenvalue weighted by Gasteiger charge is 2.20. The largest absolute Gasteiger partial charge is 0.348 e. The molecule has 0 aliphatic carbocycles. The molecule has 0 spiro atoms. The van der Waals surface area contributed by atoms with E-state index >= 15 is 0 Å². The zero-order valence-electron chi connectivity index (χ0n) is 11.4. The molecule has 1 aromatic carbocycles. The lowest BCUT2D eigenvalue weighted by Crippen LogP contribution is -2.37. The summed E-state index contributed by atoms with van der Waals surface area (Å²) in [5.74, 6) is 0.430. The van der Waals surface area contributed by atoms with Gasteiger partial charge >= 0.3 is 0 Å². The SMILES string of the molecule is CN(C=O)CC1CCN(Cc2ccc(F)cc2)CC1. The van der Waals surface area contributed by atoms with Crippen molar-refractivity contribution in [2.45, 2.75) is 19.4 Å². The van der Waals surface area contributed by atoms with Gasteiger partial charge in [0.15, 0.2) is 0 Å². The Kier molecular flexibility index (Phi) is 4.91. The minimum Gasteiger partial charge on any atom is -0.348 e. The van der Waals surface area contributed by atoms with Crippen LogP contribution in [0.3, 0.4) is 0 Å². The first-order valence-electron chi connectivity index (χ1n) is 6.79. The molecule has 1 amide bonds. The smallest absolute Gasteiger partial charge is 0.209 e. The molecule has 0 aromatic heterocycles. The summed E-state index contributed by atoms with van der Waals surface area (Å²) in [6, 6.07) is 6.73. The van der Waals surface area contributed by atoms with Gasteiger partial charge in [-0.1, -0.05) is 12.1 Å². The summed E-state index contributed by atoms with van der Waals surface area (Å²) in [6.07, 6.45) is 3.14. The van der Waals surface area contributed by atoms with Crippen LogP contribution in [0.4, 0.5) is 4.39 Å². The third-order valence-electron chi connectivity index (χ3n) is 3.75. The van der Waals surface area contributed by atoms with Crippen LogP contribution >= 0.6 is 0 Å². The molecule has 19 heavy (non-hydrogen) atoms. The van der Waals surface area contributed by atoms with Gasteiger partial charge in [-0.2, -0.15) is 0 Å². The molecule has 0 N–H and O–H groups in total. The van der Waals surface area contributed by atoms with Crippen molar-refractivity contribution >= 4 is 6.41 Å². The number of rotatable bonds is 5. The van der Waals surface area contributed by atoms with Crippen LogP contribution in [0.1, 0.15) is 18.4 Å². The lowest BCUT2D eigenvalue weighted by Gasteiger charge is -2.33. The molecule has 1 aliphatic heterocycles. The maximum Gasteiger partial charge on any atom is 0.209 e. The van der Waals surface area contributed by atoms with Gasteiger partial charge in [0, 0.05) is 20.1 Å². The molecule has 1 aliphatic rings. The highest BCUT2D eigenvalue weighted by molar-refractivity contribution is 5.46. The molecule has 1 heterocycles. The highest BCUT2D eigenvalue weighted by atomic mass is 19.1. The van der Waals surface area contributed by atoms with Crippen LogP contribution < -0.4 is 0 Å². The van der Waals surface area contributed by atoms with E-state index in [2.05, 4.69) is 4.90 Å². The van der Waals surface area contributed by atoms with Crippen LogP contribution in [-0.4, -0.2) is 42.9 Å². The molecule has 4 heteroatoms. The fourth-order valence-electron chi connectivity index (χ4n) is 2.63. The van der Waals surface area contributed by atoms with E-state index in [4.69, 9.17) is 0 Å². The van der Waals surface area contributed by atoms with Crippen LogP contribution in [0.2, 0.25) is 0 Å². The van der Waals surface area contributed by atoms with Crippen molar-refractivity contribution in [1.82, 2.24) is 9.80 Å². The second-order valence-corrected chi connectivity index (χ2v) is 5.39. The molecule has 104 valence electrons. The summed E-state index contributed by atoms with van der Waals surface area (Å²) in [6.45, 7) is 3.84. The van der Waals surface area contributed by atoms with E-state index in [-0.39, 0.29) is 5.82 Å². The van der Waals surface area contributed by atoms with Gasteiger partial charge in [0.05, 0.1) is 0 Å². The third kappa shape index (κ3) is 4.31. The Labute approximate surface area is 114 Å². The lowest BCUT2D eigenvalue weighted by atomic mass is 9.96. The molecule has 0 bridgehead atoms. The van der Waals surface area contributed by atoms with Crippen molar-refractivity contribution in [2.75, 3.05) is 26.7 Å². The molecule has 1 aromatic rings. The highest BCUT2D eigenvalue weighted by Crippen LogP contribution is 2.19. The fraction of sp³-hybridized carbons (Fsp3) is 0.533. The minimum atomic E-state index is -0.181. The molecule has 0 atom stereocenters. The minimum absolute atomic E-state index is 0.181. The number of halogens is 1. The van der Waals surface area contributed by atoms with Gasteiger partial charge in [-0.25, -0.2) is 4.39 Å². The zero-order chi connectivity index (χ0) is 13.7. The number of carbonyl (C=O) groups excluding carboxylic acids is 1. The van der Waals surface area contributed by atoms with E-state index in [0.29, 0.717) is 5.92 Å². The van der Waals surface area contributed by atoms with Crippen LogP contribution in [0.15, 0.2) is 24.3 Å². The third-order valence-corrected chi connectivity index (χ3v) is 3.75. The average molecular weight is 264 g/mol. The molecule has 2 rings (SSSR count). The first kappa shape index (κ1) is 14.0. The van der Waals surface area contributed by atoms with Gasteiger partial charge < -0.3 is 4.90 Å². The number of hydrogen-bond acceptors (Lipinski definition) is 2. The predicted octanol–water partition coefficient (Wildman–Crippen LogP) is 2.13. The quantitative estimate of drug-likeness (QED) is 0.761. The molecule has 0 saturated carbocycles. The lowest BCUT2D eigenvalue weighted by molar-refractivity contribution is -0.117. The van der Waals surface area contributed by atoms with Crippen molar-refractivity contribution in [2.24, 2.45) is 5.92 Å². The summed E-state index contributed by atoms with van der Waals surface area (Å²) in [7, 11) is 1.83. The first-order valence-corrected chi connectivity index (χ1v) is 6.79. The summed E-state index contributed by atoms with van der Waals surface area (Å²) in [5, 5.41) is 0. The maximum absolute atomic E-state index is 12.8. The maximum atomic E-state index is 12.8. The van der Waals surface area contributed by atoms with E-state index in [1.54, 1.807) is 4.90 Å². The Hall–Kier alpha value is -1.42. The first-order chi connectivity index (χ1) is 9.17. The fourth-order valence-corrected chi connectivity index (χ4v) is 2.63. The number of amides is 1. The molecule has 3 nitrogen and oxygen atoms in total. The Bertz CT molecular complexity index is 399. The molecule has 1 fully saturated rings. The van der Waals surface area contributed by atoms with Crippen molar-refractivity contribution in [1.29, 1.82) is 0 Å². The molecule has 0 radical (unpaired) electrons. The second-order valence-electron chi connectivity index (χ2n) is 5.39. The molecule has 0 unspecified atom stereocenters.